The largest absolute Gasteiger partial charge is 0.480 e. The van der Waals surface area contributed by atoms with Crippen LogP contribution in [0.4, 0.5) is 9.93 Å². The fraction of sp³-hybridized carbons (Fsp3) is 0.500. The van der Waals surface area contributed by atoms with Crippen molar-refractivity contribution in [1.29, 1.82) is 0 Å². The van der Waals surface area contributed by atoms with Gasteiger partial charge >= 0.3 is 12.0 Å². The Balaban J connectivity index is 1.63. The molecule has 156 valence electrons. The van der Waals surface area contributed by atoms with Crippen LogP contribution >= 0.6 is 11.3 Å². The number of nitrogen functional groups attached to an aromatic ring is 1. The first-order chi connectivity index (χ1) is 13.8. The van der Waals surface area contributed by atoms with Gasteiger partial charge in [0.05, 0.1) is 6.54 Å². The molecule has 2 aliphatic heterocycles. The van der Waals surface area contributed by atoms with Gasteiger partial charge in [-0.15, -0.1) is 11.3 Å². The van der Waals surface area contributed by atoms with Crippen LogP contribution in [0.5, 0.6) is 0 Å². The molecule has 13 heteroatoms. The molecule has 0 saturated carbocycles. The van der Waals surface area contributed by atoms with Crippen molar-refractivity contribution in [3.05, 3.63) is 11.1 Å². The highest BCUT2D eigenvalue weighted by molar-refractivity contribution is 7.13. The summed E-state index contributed by atoms with van der Waals surface area (Å²) in [6, 6.07) is -2.54. The number of piperidine rings is 1. The molecule has 2 saturated heterocycles. The van der Waals surface area contributed by atoms with E-state index in [0.29, 0.717) is 19.3 Å². The lowest BCUT2D eigenvalue weighted by molar-refractivity contribution is -0.147. The van der Waals surface area contributed by atoms with Crippen LogP contribution in [0.2, 0.25) is 0 Å². The van der Waals surface area contributed by atoms with Crippen LogP contribution in [-0.4, -0.2) is 81.7 Å². The second-order valence-corrected chi connectivity index (χ2v) is 7.38. The molecular formula is C16H20N6O6S. The molecule has 3 heterocycles. The molecule has 29 heavy (non-hydrogen) atoms. The average Bonchev–Trinajstić information content (AvgIpc) is 3.13. The summed E-state index contributed by atoms with van der Waals surface area (Å²) >= 11 is 1.11. The quantitative estimate of drug-likeness (QED) is 0.322. The Kier molecular flexibility index (Phi) is 5.96. The number of nitrogens with two attached hydrogens (primary N) is 1. The van der Waals surface area contributed by atoms with E-state index in [9.17, 15) is 24.3 Å². The van der Waals surface area contributed by atoms with Crippen LogP contribution in [0, 0.1) is 0 Å². The topological polar surface area (TPSA) is 168 Å². The number of anilines is 1. The summed E-state index contributed by atoms with van der Waals surface area (Å²) in [7, 11) is 1.26. The van der Waals surface area contributed by atoms with E-state index in [1.54, 1.807) is 0 Å². The van der Waals surface area contributed by atoms with Gasteiger partial charge in [0.1, 0.15) is 24.9 Å². The monoisotopic (exact) mass is 424 g/mol. The summed E-state index contributed by atoms with van der Waals surface area (Å²) in [5, 5.41) is 17.2. The highest BCUT2D eigenvalue weighted by Crippen LogP contribution is 2.22. The molecule has 2 fully saturated rings. The second kappa shape index (κ2) is 8.43. The van der Waals surface area contributed by atoms with Gasteiger partial charge < -0.3 is 25.9 Å². The van der Waals surface area contributed by atoms with Gasteiger partial charge in [-0.05, 0) is 19.3 Å². The Bertz CT molecular complexity index is 870. The molecule has 1 aromatic rings. The number of carbonyl (C=O) groups excluding carboxylic acids is 3. The van der Waals surface area contributed by atoms with E-state index in [1.807, 2.05) is 0 Å². The van der Waals surface area contributed by atoms with Crippen molar-refractivity contribution in [3.8, 4) is 0 Å². The van der Waals surface area contributed by atoms with E-state index >= 15 is 0 Å². The maximum Gasteiger partial charge on any atom is 0.327 e. The molecular weight excluding hydrogens is 404 g/mol. The third kappa shape index (κ3) is 4.13. The Morgan fingerprint density at radius 3 is 2.76 bits per heavy atom. The molecule has 3 rings (SSSR count). The third-order valence-corrected chi connectivity index (χ3v) is 5.34. The summed E-state index contributed by atoms with van der Waals surface area (Å²) in [6.07, 6.45) is 1.72. The van der Waals surface area contributed by atoms with Crippen molar-refractivity contribution >= 4 is 46.0 Å². The van der Waals surface area contributed by atoms with E-state index < -0.39 is 35.9 Å². The lowest BCUT2D eigenvalue weighted by Gasteiger charge is -2.42. The molecule has 2 atom stereocenters. The first kappa shape index (κ1) is 20.5. The molecule has 0 aliphatic carbocycles. The highest BCUT2D eigenvalue weighted by Gasteiger charge is 2.46. The van der Waals surface area contributed by atoms with Crippen LogP contribution in [0.1, 0.15) is 25.0 Å². The van der Waals surface area contributed by atoms with Gasteiger partial charge in [0.25, 0.3) is 11.8 Å². The van der Waals surface area contributed by atoms with Crippen LogP contribution in [0.15, 0.2) is 10.5 Å². The van der Waals surface area contributed by atoms with E-state index in [-0.39, 0.29) is 29.6 Å². The van der Waals surface area contributed by atoms with Crippen molar-refractivity contribution < 1.29 is 29.1 Å². The van der Waals surface area contributed by atoms with Gasteiger partial charge in [0.15, 0.2) is 10.8 Å². The second-order valence-electron chi connectivity index (χ2n) is 6.49. The van der Waals surface area contributed by atoms with Crippen LogP contribution < -0.4 is 11.1 Å². The van der Waals surface area contributed by atoms with Crippen LogP contribution in [0.25, 0.3) is 0 Å². The maximum atomic E-state index is 12.6. The highest BCUT2D eigenvalue weighted by atomic mass is 32.1. The zero-order valence-corrected chi connectivity index (χ0v) is 16.3. The third-order valence-electron chi connectivity index (χ3n) is 4.66. The van der Waals surface area contributed by atoms with Crippen molar-refractivity contribution in [2.45, 2.75) is 31.3 Å². The number of carbonyl (C=O) groups is 4. The zero-order chi connectivity index (χ0) is 21.1. The standard InChI is InChI=1S/C16H20N6O6S/c1-28-20-11(9-7-29-15(17)19-9)12(23)18-8-6-22(13(8)24)16(27)21-5-3-2-4-10(21)14(25)26/h7-8,10H,2-6H2,1H3,(H2,17,19)(H,18,23)(H,25,26)/t8-,10?/m0/s1. The first-order valence-electron chi connectivity index (χ1n) is 8.81. The van der Waals surface area contributed by atoms with Gasteiger partial charge in [-0.2, -0.15) is 0 Å². The number of imide groups is 1. The Hall–Kier alpha value is -3.22. The number of thiazole rings is 1. The molecule has 0 radical (unpaired) electrons. The summed E-state index contributed by atoms with van der Waals surface area (Å²) in [5.74, 6) is -2.42. The predicted molar refractivity (Wildman–Crippen MR) is 101 cm³/mol. The number of hydrogen-bond donors (Lipinski definition) is 3. The maximum absolute atomic E-state index is 12.6. The van der Waals surface area contributed by atoms with Gasteiger partial charge in [-0.1, -0.05) is 5.16 Å². The number of oxime groups is 1. The lowest BCUT2D eigenvalue weighted by atomic mass is 10.0. The fourth-order valence-electron chi connectivity index (χ4n) is 3.20. The zero-order valence-electron chi connectivity index (χ0n) is 15.5. The van der Waals surface area contributed by atoms with Crippen LogP contribution in [-0.2, 0) is 19.2 Å². The molecule has 12 nitrogen and oxygen atoms in total. The van der Waals surface area contributed by atoms with Gasteiger partial charge in [0.2, 0.25) is 0 Å². The molecule has 1 unspecified atom stereocenters. The van der Waals surface area contributed by atoms with E-state index in [1.165, 1.54) is 17.4 Å². The molecule has 2 aliphatic rings. The number of nitrogens with one attached hydrogen (secondary N) is 1. The minimum absolute atomic E-state index is 0.0638. The average molecular weight is 424 g/mol. The summed E-state index contributed by atoms with van der Waals surface area (Å²) in [6.45, 7) is 0.207. The van der Waals surface area contributed by atoms with E-state index in [2.05, 4.69) is 20.3 Å². The molecule has 0 bridgehead atoms. The SMILES string of the molecule is CON=C(C(=O)N[C@H]1CN(C(=O)N2CCCCC2C(=O)O)C1=O)c1csc(N)n1. The minimum atomic E-state index is -1.10. The molecule has 4 amide bonds. The summed E-state index contributed by atoms with van der Waals surface area (Å²) in [5.41, 5.74) is 5.61. The van der Waals surface area contributed by atoms with Gasteiger partial charge in [0, 0.05) is 11.9 Å². The van der Waals surface area contributed by atoms with Crippen LogP contribution in [0.3, 0.4) is 0 Å². The molecule has 4 N–H and O–H groups in total. The van der Waals surface area contributed by atoms with Crippen molar-refractivity contribution in [1.82, 2.24) is 20.1 Å². The summed E-state index contributed by atoms with van der Waals surface area (Å²) < 4.78 is 0. The van der Waals surface area contributed by atoms with Crippen molar-refractivity contribution in [3.63, 3.8) is 0 Å². The smallest absolute Gasteiger partial charge is 0.327 e. The number of amides is 4. The Morgan fingerprint density at radius 2 is 2.17 bits per heavy atom. The number of β-lactam (4-membered cyclic amide) rings is 1. The molecule has 0 spiro atoms. The van der Waals surface area contributed by atoms with Gasteiger partial charge in [-0.25, -0.2) is 14.6 Å². The number of rotatable bonds is 5. The van der Waals surface area contributed by atoms with E-state index in [0.717, 1.165) is 16.2 Å². The number of carboxylic acid groups (broad SMARTS) is 1. The normalized spacial score (nSPS) is 22.1. The lowest BCUT2D eigenvalue weighted by Crippen LogP contribution is -2.69. The fourth-order valence-corrected chi connectivity index (χ4v) is 3.74. The van der Waals surface area contributed by atoms with Crippen molar-refractivity contribution in [2.24, 2.45) is 5.16 Å². The van der Waals surface area contributed by atoms with Gasteiger partial charge in [-0.3, -0.25) is 14.5 Å². The Morgan fingerprint density at radius 1 is 1.41 bits per heavy atom. The Labute approximate surface area is 169 Å². The number of aromatic nitrogens is 1. The number of carboxylic acids is 1. The number of aliphatic carboxylic acids is 1. The molecule has 1 aromatic heterocycles. The van der Waals surface area contributed by atoms with E-state index in [4.69, 9.17) is 5.73 Å². The molecule has 0 aromatic carbocycles. The number of urea groups is 1. The minimum Gasteiger partial charge on any atom is -0.480 e. The number of nitrogens with zero attached hydrogens (tertiary/aromatic N) is 4. The predicted octanol–water partition coefficient (Wildman–Crippen LogP) is -0.538. The van der Waals surface area contributed by atoms with Crippen molar-refractivity contribution in [2.75, 3.05) is 25.9 Å². The number of likely N-dealkylation sites (tertiary alicyclic amines) is 2. The number of hydrogen-bond acceptors (Lipinski definition) is 9. The first-order valence-corrected chi connectivity index (χ1v) is 9.69. The summed E-state index contributed by atoms with van der Waals surface area (Å²) in [4.78, 5) is 59.6.